The third-order valence-electron chi connectivity index (χ3n) is 6.98. The fourth-order valence-electron chi connectivity index (χ4n) is 5.20. The molecule has 2 fully saturated rings. The average molecular weight is 476 g/mol. The molecule has 32 heavy (non-hydrogen) atoms. The predicted octanol–water partition coefficient (Wildman–Crippen LogP) is 4.40. The second-order valence-corrected chi connectivity index (χ2v) is 11.3. The summed E-state index contributed by atoms with van der Waals surface area (Å²) in [4.78, 5) is 35.8. The van der Waals surface area contributed by atoms with Crippen LogP contribution in [0.15, 0.2) is 9.95 Å². The summed E-state index contributed by atoms with van der Waals surface area (Å²) in [5, 5.41) is 1.50. The number of amides is 1. The lowest BCUT2D eigenvalue weighted by Gasteiger charge is -2.25. The molecule has 1 amide bonds. The van der Waals surface area contributed by atoms with Crippen molar-refractivity contribution < 1.29 is 9.53 Å². The van der Waals surface area contributed by atoms with Crippen molar-refractivity contribution in [1.82, 2.24) is 14.5 Å². The van der Waals surface area contributed by atoms with Gasteiger partial charge in [0, 0.05) is 24.6 Å². The number of hydrogen-bond acceptors (Lipinski definition) is 6. The maximum absolute atomic E-state index is 13.7. The van der Waals surface area contributed by atoms with E-state index in [4.69, 9.17) is 9.72 Å². The van der Waals surface area contributed by atoms with Crippen LogP contribution in [0.1, 0.15) is 68.2 Å². The number of ether oxygens (including phenoxy) is 1. The van der Waals surface area contributed by atoms with Crippen molar-refractivity contribution in [2.75, 3.05) is 25.4 Å². The zero-order chi connectivity index (χ0) is 21.9. The van der Waals surface area contributed by atoms with Crippen molar-refractivity contribution in [1.29, 1.82) is 0 Å². The summed E-state index contributed by atoms with van der Waals surface area (Å²) in [6.07, 6.45) is 12.3. The molecule has 2 saturated heterocycles. The molecule has 6 nitrogen and oxygen atoms in total. The van der Waals surface area contributed by atoms with Crippen LogP contribution < -0.4 is 5.56 Å². The molecule has 174 valence electrons. The second kappa shape index (κ2) is 10.3. The van der Waals surface area contributed by atoms with Gasteiger partial charge in [0.25, 0.3) is 5.56 Å². The van der Waals surface area contributed by atoms with Gasteiger partial charge in [-0.25, -0.2) is 4.98 Å². The monoisotopic (exact) mass is 475 g/mol. The van der Waals surface area contributed by atoms with Crippen LogP contribution >= 0.6 is 23.1 Å². The molecule has 0 radical (unpaired) electrons. The van der Waals surface area contributed by atoms with Crippen molar-refractivity contribution >= 4 is 39.2 Å². The molecule has 2 aliphatic heterocycles. The Kier molecular flexibility index (Phi) is 7.19. The Morgan fingerprint density at radius 3 is 2.62 bits per heavy atom. The van der Waals surface area contributed by atoms with Gasteiger partial charge >= 0.3 is 0 Å². The second-order valence-electron chi connectivity index (χ2n) is 9.27. The Hall–Kier alpha value is -1.38. The third-order valence-corrected chi connectivity index (χ3v) is 9.13. The van der Waals surface area contributed by atoms with Gasteiger partial charge in [0.1, 0.15) is 4.83 Å². The zero-order valence-electron chi connectivity index (χ0n) is 18.8. The number of thiophene rings is 1. The van der Waals surface area contributed by atoms with E-state index in [2.05, 4.69) is 0 Å². The summed E-state index contributed by atoms with van der Waals surface area (Å²) < 4.78 is 7.66. The largest absolute Gasteiger partial charge is 0.376 e. The van der Waals surface area contributed by atoms with E-state index in [0.29, 0.717) is 17.5 Å². The molecule has 5 rings (SSSR count). The highest BCUT2D eigenvalue weighted by molar-refractivity contribution is 7.99. The van der Waals surface area contributed by atoms with E-state index in [-0.39, 0.29) is 17.6 Å². The standard InChI is InChI=1S/C24H33N3O3S2/c28-20(26-12-6-2-1-3-7-13-26)16-31-24-25-22-21(18-10-4-5-11-19(18)32-22)23(29)27(24)15-17-9-8-14-30-17/h17H,1-16H2. The van der Waals surface area contributed by atoms with Crippen molar-refractivity contribution in [2.24, 2.45) is 0 Å². The first-order valence-electron chi connectivity index (χ1n) is 12.3. The number of nitrogens with zero attached hydrogens (tertiary/aromatic N) is 3. The van der Waals surface area contributed by atoms with Crippen LogP contribution in [0, 0.1) is 0 Å². The van der Waals surface area contributed by atoms with Gasteiger partial charge < -0.3 is 9.64 Å². The molecule has 4 heterocycles. The Morgan fingerprint density at radius 1 is 1.06 bits per heavy atom. The SMILES string of the molecule is O=C(CSc1nc2sc3c(c2c(=O)n1CC1CCCO1)CCCC3)N1CCCCCCC1. The number of fused-ring (bicyclic) bond motifs is 3. The van der Waals surface area contributed by atoms with Crippen LogP contribution in [-0.2, 0) is 28.9 Å². The first-order valence-corrected chi connectivity index (χ1v) is 14.1. The summed E-state index contributed by atoms with van der Waals surface area (Å²) in [6.45, 7) is 3.00. The van der Waals surface area contributed by atoms with Crippen LogP contribution in [-0.4, -0.2) is 51.9 Å². The molecule has 2 aromatic rings. The van der Waals surface area contributed by atoms with Gasteiger partial charge in [-0.2, -0.15) is 0 Å². The fraction of sp³-hybridized carbons (Fsp3) is 0.708. The third kappa shape index (κ3) is 4.77. The van der Waals surface area contributed by atoms with E-state index in [1.54, 1.807) is 11.3 Å². The fourth-order valence-corrected chi connectivity index (χ4v) is 7.41. The highest BCUT2D eigenvalue weighted by Crippen LogP contribution is 2.35. The predicted molar refractivity (Wildman–Crippen MR) is 130 cm³/mol. The number of aromatic nitrogens is 2. The van der Waals surface area contributed by atoms with Crippen LogP contribution in [0.4, 0.5) is 0 Å². The molecule has 2 aromatic heterocycles. The van der Waals surface area contributed by atoms with E-state index in [0.717, 1.165) is 74.9 Å². The molecule has 0 aromatic carbocycles. The van der Waals surface area contributed by atoms with Gasteiger partial charge in [0.2, 0.25) is 5.91 Å². The number of rotatable bonds is 5. The van der Waals surface area contributed by atoms with Gasteiger partial charge in [-0.15, -0.1) is 11.3 Å². The summed E-state index contributed by atoms with van der Waals surface area (Å²) >= 11 is 3.11. The first kappa shape index (κ1) is 22.4. The molecule has 3 aliphatic rings. The topological polar surface area (TPSA) is 64.4 Å². The van der Waals surface area contributed by atoms with Crippen LogP contribution in [0.2, 0.25) is 0 Å². The lowest BCUT2D eigenvalue weighted by atomic mass is 9.97. The number of likely N-dealkylation sites (tertiary alicyclic amines) is 1. The van der Waals surface area contributed by atoms with Crippen molar-refractivity contribution in [3.05, 3.63) is 20.8 Å². The minimum atomic E-state index is 0.0609. The Morgan fingerprint density at radius 2 is 1.84 bits per heavy atom. The lowest BCUT2D eigenvalue weighted by molar-refractivity contribution is -0.128. The minimum Gasteiger partial charge on any atom is -0.376 e. The summed E-state index contributed by atoms with van der Waals surface area (Å²) in [7, 11) is 0. The van der Waals surface area contributed by atoms with Crippen molar-refractivity contribution in [3.63, 3.8) is 0 Å². The molecule has 0 spiro atoms. The molecule has 1 atom stereocenters. The molecule has 1 aliphatic carbocycles. The highest BCUT2D eigenvalue weighted by atomic mass is 32.2. The van der Waals surface area contributed by atoms with Crippen LogP contribution in [0.5, 0.6) is 0 Å². The quantitative estimate of drug-likeness (QED) is 0.474. The summed E-state index contributed by atoms with van der Waals surface area (Å²) in [5.41, 5.74) is 1.29. The molecule has 8 heteroatoms. The average Bonchev–Trinajstić information content (AvgIpc) is 3.41. The van der Waals surface area contributed by atoms with E-state index in [1.165, 1.54) is 47.9 Å². The molecule has 0 N–H and O–H groups in total. The Balaban J connectivity index is 1.42. The maximum Gasteiger partial charge on any atom is 0.263 e. The number of hydrogen-bond donors (Lipinski definition) is 0. The zero-order valence-corrected chi connectivity index (χ0v) is 20.4. The summed E-state index contributed by atoms with van der Waals surface area (Å²) in [6, 6.07) is 0. The van der Waals surface area contributed by atoms with Gasteiger partial charge in [0.05, 0.1) is 23.8 Å². The van der Waals surface area contributed by atoms with Gasteiger partial charge in [-0.1, -0.05) is 31.0 Å². The van der Waals surface area contributed by atoms with Crippen molar-refractivity contribution in [3.8, 4) is 0 Å². The number of carbonyl (C=O) groups excluding carboxylic acids is 1. The van der Waals surface area contributed by atoms with Crippen molar-refractivity contribution in [2.45, 2.75) is 88.4 Å². The smallest absolute Gasteiger partial charge is 0.263 e. The number of thioether (sulfide) groups is 1. The normalized spacial score (nSPS) is 22.0. The first-order chi connectivity index (χ1) is 15.7. The minimum absolute atomic E-state index is 0.0609. The molecule has 0 saturated carbocycles. The summed E-state index contributed by atoms with van der Waals surface area (Å²) in [5.74, 6) is 0.509. The Bertz CT molecular complexity index is 1020. The van der Waals surface area contributed by atoms with E-state index < -0.39 is 0 Å². The van der Waals surface area contributed by atoms with E-state index >= 15 is 0 Å². The van der Waals surface area contributed by atoms with Gasteiger partial charge in [0.15, 0.2) is 5.16 Å². The van der Waals surface area contributed by atoms with Crippen LogP contribution in [0.3, 0.4) is 0 Å². The number of carbonyl (C=O) groups is 1. The number of aryl methyl sites for hydroxylation is 2. The molecule has 1 unspecified atom stereocenters. The maximum atomic E-state index is 13.7. The van der Waals surface area contributed by atoms with Crippen LogP contribution in [0.25, 0.3) is 10.2 Å². The van der Waals surface area contributed by atoms with E-state index in [1.807, 2.05) is 9.47 Å². The molecule has 0 bridgehead atoms. The lowest BCUT2D eigenvalue weighted by Crippen LogP contribution is -2.35. The van der Waals surface area contributed by atoms with E-state index in [9.17, 15) is 9.59 Å². The highest BCUT2D eigenvalue weighted by Gasteiger charge is 2.25. The van der Waals surface area contributed by atoms with Gasteiger partial charge in [-0.3, -0.25) is 14.2 Å². The molecular weight excluding hydrogens is 442 g/mol. The Labute approximate surface area is 197 Å². The molecular formula is C24H33N3O3S2. The van der Waals surface area contributed by atoms with Gasteiger partial charge in [-0.05, 0) is 56.9 Å².